The van der Waals surface area contributed by atoms with Gasteiger partial charge in [-0.15, -0.1) is 11.3 Å². The number of nitrogens with zero attached hydrogens (tertiary/aromatic N) is 2. The highest BCUT2D eigenvalue weighted by Gasteiger charge is 2.26. The number of benzene rings is 1. The Kier molecular flexibility index (Phi) is 5.00. The molecule has 1 amide bonds. The number of non-ortho nitro benzene ring substituents is 1. The lowest BCUT2D eigenvalue weighted by atomic mass is 10.1. The van der Waals surface area contributed by atoms with Crippen molar-refractivity contribution in [3.8, 4) is 5.75 Å². The monoisotopic (exact) mass is 361 g/mol. The molecule has 7 nitrogen and oxygen atoms in total. The Morgan fingerprint density at radius 1 is 1.44 bits per heavy atom. The van der Waals surface area contributed by atoms with Crippen LogP contribution in [0.1, 0.15) is 17.4 Å². The Morgan fingerprint density at radius 3 is 2.96 bits per heavy atom. The number of rotatable bonds is 5. The molecule has 1 aliphatic rings. The highest BCUT2D eigenvalue weighted by atomic mass is 32.1. The van der Waals surface area contributed by atoms with Gasteiger partial charge < -0.3 is 10.1 Å². The van der Waals surface area contributed by atoms with Crippen molar-refractivity contribution < 1.29 is 14.5 Å². The topological polar surface area (TPSA) is 84.7 Å². The maximum atomic E-state index is 12.6. The van der Waals surface area contributed by atoms with Crippen LogP contribution in [0.5, 0.6) is 5.75 Å². The molecular formula is C17H19N3O4S. The van der Waals surface area contributed by atoms with E-state index < -0.39 is 4.92 Å². The summed E-state index contributed by atoms with van der Waals surface area (Å²) in [4.78, 5) is 26.6. The SMILES string of the molecule is COc1ccc([N+](=O)[O-])cc1NC(=O)C(C)N1CCc2sccc2C1. The van der Waals surface area contributed by atoms with Crippen LogP contribution in [0.25, 0.3) is 0 Å². The van der Waals surface area contributed by atoms with Crippen LogP contribution in [-0.4, -0.2) is 35.4 Å². The van der Waals surface area contributed by atoms with Gasteiger partial charge >= 0.3 is 0 Å². The molecule has 0 fully saturated rings. The molecule has 8 heteroatoms. The van der Waals surface area contributed by atoms with Gasteiger partial charge in [-0.05, 0) is 36.4 Å². The Bertz CT molecular complexity index is 805. The van der Waals surface area contributed by atoms with Gasteiger partial charge in [-0.25, -0.2) is 0 Å². The van der Waals surface area contributed by atoms with Gasteiger partial charge in [0.15, 0.2) is 0 Å². The number of ether oxygens (including phenoxy) is 1. The van der Waals surface area contributed by atoms with Gasteiger partial charge in [-0.2, -0.15) is 0 Å². The normalized spacial score (nSPS) is 15.3. The molecule has 0 saturated carbocycles. The van der Waals surface area contributed by atoms with E-state index >= 15 is 0 Å². The molecule has 0 aliphatic carbocycles. The minimum atomic E-state index is -0.499. The number of anilines is 1. The second kappa shape index (κ2) is 7.20. The standard InChI is InChI=1S/C17H19N3O4S/c1-11(19-7-5-16-12(10-19)6-8-25-16)17(21)18-14-9-13(20(22)23)3-4-15(14)24-2/h3-4,6,8-9,11H,5,7,10H2,1-2H3,(H,18,21). The first-order valence-electron chi connectivity index (χ1n) is 7.92. The van der Waals surface area contributed by atoms with Gasteiger partial charge in [0, 0.05) is 30.1 Å². The maximum absolute atomic E-state index is 12.6. The van der Waals surface area contributed by atoms with Gasteiger partial charge in [0.25, 0.3) is 5.69 Å². The van der Waals surface area contributed by atoms with E-state index in [-0.39, 0.29) is 17.6 Å². The van der Waals surface area contributed by atoms with E-state index in [1.54, 1.807) is 11.3 Å². The van der Waals surface area contributed by atoms with Crippen LogP contribution in [0.4, 0.5) is 11.4 Å². The van der Waals surface area contributed by atoms with E-state index in [1.165, 1.54) is 35.7 Å². The van der Waals surface area contributed by atoms with Crippen molar-refractivity contribution in [3.63, 3.8) is 0 Å². The Labute approximate surface area is 149 Å². The molecule has 1 aromatic carbocycles. The van der Waals surface area contributed by atoms with Crippen molar-refractivity contribution in [2.24, 2.45) is 0 Å². The summed E-state index contributed by atoms with van der Waals surface area (Å²) in [5.41, 5.74) is 1.48. The first-order valence-corrected chi connectivity index (χ1v) is 8.80. The molecule has 1 aromatic heterocycles. The second-order valence-electron chi connectivity index (χ2n) is 5.90. The number of nitro groups is 1. The number of amides is 1. The summed E-state index contributed by atoms with van der Waals surface area (Å²) in [7, 11) is 1.46. The number of nitrogens with one attached hydrogen (secondary N) is 1. The molecular weight excluding hydrogens is 342 g/mol. The largest absolute Gasteiger partial charge is 0.495 e. The zero-order valence-electron chi connectivity index (χ0n) is 14.0. The van der Waals surface area contributed by atoms with Crippen LogP contribution in [-0.2, 0) is 17.8 Å². The summed E-state index contributed by atoms with van der Waals surface area (Å²) in [6, 6.07) is 5.89. The van der Waals surface area contributed by atoms with Crippen molar-refractivity contribution in [2.75, 3.05) is 19.0 Å². The number of methoxy groups -OCH3 is 1. The molecule has 0 radical (unpaired) electrons. The van der Waals surface area contributed by atoms with Crippen LogP contribution in [0, 0.1) is 10.1 Å². The number of nitro benzene ring substituents is 1. The van der Waals surface area contributed by atoms with Crippen LogP contribution in [0.3, 0.4) is 0 Å². The number of hydrogen-bond acceptors (Lipinski definition) is 6. The third-order valence-electron chi connectivity index (χ3n) is 4.42. The minimum Gasteiger partial charge on any atom is -0.495 e. The minimum absolute atomic E-state index is 0.0929. The summed E-state index contributed by atoms with van der Waals surface area (Å²) in [6.07, 6.45) is 0.935. The van der Waals surface area contributed by atoms with Gasteiger partial charge in [0.1, 0.15) is 5.75 Å². The maximum Gasteiger partial charge on any atom is 0.271 e. The summed E-state index contributed by atoms with van der Waals surface area (Å²) < 4.78 is 5.19. The number of thiophene rings is 1. The van der Waals surface area contributed by atoms with E-state index in [2.05, 4.69) is 21.7 Å². The molecule has 1 N–H and O–H groups in total. The molecule has 0 saturated heterocycles. The average molecular weight is 361 g/mol. The fourth-order valence-corrected chi connectivity index (χ4v) is 3.80. The van der Waals surface area contributed by atoms with E-state index in [4.69, 9.17) is 4.74 Å². The lowest BCUT2D eigenvalue weighted by Gasteiger charge is -2.31. The summed E-state index contributed by atoms with van der Waals surface area (Å²) in [5.74, 6) is 0.183. The Morgan fingerprint density at radius 2 is 2.24 bits per heavy atom. The van der Waals surface area contributed by atoms with Crippen LogP contribution in [0.2, 0.25) is 0 Å². The van der Waals surface area contributed by atoms with Crippen molar-refractivity contribution >= 4 is 28.6 Å². The zero-order chi connectivity index (χ0) is 18.0. The van der Waals surface area contributed by atoms with Gasteiger partial charge in [0.2, 0.25) is 5.91 Å². The quantitative estimate of drug-likeness (QED) is 0.653. The number of carbonyl (C=O) groups is 1. The third-order valence-corrected chi connectivity index (χ3v) is 5.44. The van der Waals surface area contributed by atoms with E-state index in [9.17, 15) is 14.9 Å². The molecule has 0 bridgehead atoms. The molecule has 2 heterocycles. The molecule has 1 unspecified atom stereocenters. The average Bonchev–Trinajstić information content (AvgIpc) is 3.08. The number of hydrogen-bond donors (Lipinski definition) is 1. The van der Waals surface area contributed by atoms with Gasteiger partial charge in [-0.3, -0.25) is 19.8 Å². The second-order valence-corrected chi connectivity index (χ2v) is 6.90. The van der Waals surface area contributed by atoms with Crippen molar-refractivity contribution in [1.82, 2.24) is 4.90 Å². The lowest BCUT2D eigenvalue weighted by Crippen LogP contribution is -2.44. The molecule has 0 spiro atoms. The van der Waals surface area contributed by atoms with E-state index in [0.717, 1.165) is 19.5 Å². The number of carbonyl (C=O) groups excluding carboxylic acids is 1. The Balaban J connectivity index is 1.73. The molecule has 1 atom stereocenters. The van der Waals surface area contributed by atoms with E-state index in [1.807, 2.05) is 6.92 Å². The predicted octanol–water partition coefficient (Wildman–Crippen LogP) is 3.05. The first-order chi connectivity index (χ1) is 12.0. The zero-order valence-corrected chi connectivity index (χ0v) is 14.8. The highest BCUT2D eigenvalue weighted by Crippen LogP contribution is 2.30. The highest BCUT2D eigenvalue weighted by molar-refractivity contribution is 7.10. The van der Waals surface area contributed by atoms with Gasteiger partial charge in [-0.1, -0.05) is 0 Å². The molecule has 3 rings (SSSR count). The number of fused-ring (bicyclic) bond motifs is 1. The molecule has 2 aromatic rings. The first kappa shape index (κ1) is 17.4. The van der Waals surface area contributed by atoms with Crippen LogP contribution < -0.4 is 10.1 Å². The third kappa shape index (κ3) is 3.64. The molecule has 132 valence electrons. The smallest absolute Gasteiger partial charge is 0.271 e. The van der Waals surface area contributed by atoms with Gasteiger partial charge in [0.05, 0.1) is 23.8 Å². The predicted molar refractivity (Wildman–Crippen MR) is 96.2 cm³/mol. The van der Waals surface area contributed by atoms with Crippen LogP contribution in [0.15, 0.2) is 29.6 Å². The van der Waals surface area contributed by atoms with Crippen molar-refractivity contribution in [1.29, 1.82) is 0 Å². The van der Waals surface area contributed by atoms with Crippen molar-refractivity contribution in [2.45, 2.75) is 25.9 Å². The van der Waals surface area contributed by atoms with Crippen LogP contribution >= 0.6 is 11.3 Å². The summed E-state index contributed by atoms with van der Waals surface area (Å²) in [6.45, 7) is 3.39. The molecule has 25 heavy (non-hydrogen) atoms. The summed E-state index contributed by atoms with van der Waals surface area (Å²) in [5, 5.41) is 15.8. The fourth-order valence-electron chi connectivity index (χ4n) is 2.91. The fraction of sp³-hybridized carbons (Fsp3) is 0.353. The Hall–Kier alpha value is -2.45. The lowest BCUT2D eigenvalue weighted by molar-refractivity contribution is -0.384. The van der Waals surface area contributed by atoms with E-state index in [0.29, 0.717) is 11.4 Å². The summed E-state index contributed by atoms with van der Waals surface area (Å²) >= 11 is 1.75. The molecule has 1 aliphatic heterocycles. The van der Waals surface area contributed by atoms with Crippen molar-refractivity contribution in [3.05, 3.63) is 50.2 Å².